The van der Waals surface area contributed by atoms with Crippen LogP contribution in [0.1, 0.15) is 9.88 Å². The van der Waals surface area contributed by atoms with E-state index in [0.29, 0.717) is 18.3 Å². The average molecular weight is 315 g/mol. The van der Waals surface area contributed by atoms with Crippen LogP contribution in [0, 0.1) is 6.92 Å². The van der Waals surface area contributed by atoms with Gasteiger partial charge in [-0.1, -0.05) is 0 Å². The number of anilines is 2. The van der Waals surface area contributed by atoms with Crippen LogP contribution in [0.5, 0.6) is 0 Å². The third-order valence-electron chi connectivity index (χ3n) is 1.97. The van der Waals surface area contributed by atoms with Gasteiger partial charge in [-0.3, -0.25) is 5.43 Å². The second-order valence-electron chi connectivity index (χ2n) is 3.23. The monoisotopic (exact) mass is 314 g/mol. The molecule has 0 atom stereocenters. The molecule has 4 N–H and O–H groups in total. The average Bonchev–Trinajstić information content (AvgIpc) is 2.74. The first-order valence-corrected chi connectivity index (χ1v) is 6.44. The number of hydrogen-bond donors (Lipinski definition) is 3. The molecular weight excluding hydrogens is 304 g/mol. The summed E-state index contributed by atoms with van der Waals surface area (Å²) < 4.78 is 0.790. The summed E-state index contributed by atoms with van der Waals surface area (Å²) in [7, 11) is 0. The number of aryl methyl sites for hydroxylation is 1. The molecule has 0 aromatic carbocycles. The van der Waals surface area contributed by atoms with Crippen molar-refractivity contribution in [2.45, 2.75) is 13.5 Å². The molecule has 2 aromatic rings. The number of thiazole rings is 1. The van der Waals surface area contributed by atoms with Gasteiger partial charge in [0.15, 0.2) is 0 Å². The van der Waals surface area contributed by atoms with E-state index < -0.39 is 0 Å². The lowest BCUT2D eigenvalue weighted by molar-refractivity contribution is 1.06. The van der Waals surface area contributed by atoms with Gasteiger partial charge < -0.3 is 5.32 Å². The van der Waals surface area contributed by atoms with Crippen LogP contribution < -0.4 is 16.6 Å². The minimum Gasteiger partial charge on any atom is -0.364 e. The molecule has 0 aliphatic carbocycles. The fourth-order valence-corrected chi connectivity index (χ4v) is 2.28. The molecule has 17 heavy (non-hydrogen) atoms. The molecule has 2 heterocycles. The normalized spacial score (nSPS) is 10.3. The van der Waals surface area contributed by atoms with Crippen molar-refractivity contribution in [1.82, 2.24) is 15.0 Å². The Bertz CT molecular complexity index is 514. The smallest absolute Gasteiger partial charge is 0.239 e. The topological polar surface area (TPSA) is 88.8 Å². The largest absolute Gasteiger partial charge is 0.364 e. The van der Waals surface area contributed by atoms with Crippen molar-refractivity contribution >= 4 is 39.0 Å². The van der Waals surface area contributed by atoms with Crippen LogP contribution in [0.25, 0.3) is 0 Å². The zero-order valence-corrected chi connectivity index (χ0v) is 11.5. The van der Waals surface area contributed by atoms with E-state index in [4.69, 9.17) is 5.84 Å². The quantitative estimate of drug-likeness (QED) is 0.590. The van der Waals surface area contributed by atoms with Crippen LogP contribution in [0.4, 0.5) is 11.8 Å². The second-order valence-corrected chi connectivity index (χ2v) is 5.41. The van der Waals surface area contributed by atoms with Gasteiger partial charge >= 0.3 is 0 Å². The van der Waals surface area contributed by atoms with Gasteiger partial charge in [-0.2, -0.15) is 4.98 Å². The number of rotatable bonds is 4. The first kappa shape index (κ1) is 12.2. The van der Waals surface area contributed by atoms with E-state index >= 15 is 0 Å². The highest BCUT2D eigenvalue weighted by molar-refractivity contribution is 9.10. The summed E-state index contributed by atoms with van der Waals surface area (Å²) in [6.45, 7) is 2.65. The Morgan fingerprint density at radius 2 is 2.24 bits per heavy atom. The summed E-state index contributed by atoms with van der Waals surface area (Å²) in [5.41, 5.74) is 2.40. The molecular formula is C9H11BrN6S. The molecule has 0 aliphatic rings. The van der Waals surface area contributed by atoms with E-state index in [1.807, 2.05) is 13.1 Å². The predicted octanol–water partition coefficient (Wildman–Crippen LogP) is 1.90. The van der Waals surface area contributed by atoms with Gasteiger partial charge in [-0.15, -0.1) is 11.3 Å². The molecule has 0 saturated carbocycles. The van der Waals surface area contributed by atoms with Gasteiger partial charge in [0.05, 0.1) is 16.0 Å². The van der Waals surface area contributed by atoms with Crippen LogP contribution in [-0.4, -0.2) is 15.0 Å². The molecule has 0 saturated heterocycles. The summed E-state index contributed by atoms with van der Waals surface area (Å²) in [5.74, 6) is 6.32. The standard InChI is InChI=1S/C9H11BrN6S/c1-5-12-2-6(17-5)3-13-8-7(10)4-14-9(15-8)16-11/h2,4H,3,11H2,1H3,(H2,13,14,15,16). The Hall–Kier alpha value is -1.25. The minimum atomic E-state index is 0.371. The van der Waals surface area contributed by atoms with E-state index in [-0.39, 0.29) is 0 Å². The Labute approximate surface area is 111 Å². The van der Waals surface area contributed by atoms with E-state index in [1.165, 1.54) is 0 Å². The van der Waals surface area contributed by atoms with Gasteiger partial charge in [0, 0.05) is 17.3 Å². The molecule has 90 valence electrons. The van der Waals surface area contributed by atoms with Crippen molar-refractivity contribution in [1.29, 1.82) is 0 Å². The lowest BCUT2D eigenvalue weighted by Crippen LogP contribution is -2.12. The first-order valence-electron chi connectivity index (χ1n) is 4.83. The summed E-state index contributed by atoms with van der Waals surface area (Å²) in [6.07, 6.45) is 3.49. The van der Waals surface area contributed by atoms with Gasteiger partial charge in [0.25, 0.3) is 0 Å². The maximum atomic E-state index is 5.25. The molecule has 0 spiro atoms. The lowest BCUT2D eigenvalue weighted by atomic mass is 10.5. The van der Waals surface area contributed by atoms with Crippen LogP contribution >= 0.6 is 27.3 Å². The van der Waals surface area contributed by atoms with Crippen molar-refractivity contribution in [2.24, 2.45) is 5.84 Å². The summed E-state index contributed by atoms with van der Waals surface area (Å²) in [6, 6.07) is 0. The van der Waals surface area contributed by atoms with E-state index in [1.54, 1.807) is 17.5 Å². The van der Waals surface area contributed by atoms with Crippen LogP contribution in [0.2, 0.25) is 0 Å². The van der Waals surface area contributed by atoms with Crippen molar-refractivity contribution < 1.29 is 0 Å². The Morgan fingerprint density at radius 3 is 2.88 bits per heavy atom. The Kier molecular flexibility index (Phi) is 3.87. The highest BCUT2D eigenvalue weighted by Crippen LogP contribution is 2.21. The van der Waals surface area contributed by atoms with E-state index in [2.05, 4.69) is 41.6 Å². The number of halogens is 1. The van der Waals surface area contributed by atoms with Crippen molar-refractivity contribution in [3.05, 3.63) is 26.8 Å². The number of nitrogens with one attached hydrogen (secondary N) is 2. The van der Waals surface area contributed by atoms with Gasteiger partial charge in [-0.25, -0.2) is 15.8 Å². The summed E-state index contributed by atoms with van der Waals surface area (Å²) >= 11 is 5.02. The number of hydrazine groups is 1. The van der Waals surface area contributed by atoms with Gasteiger partial charge in [0.2, 0.25) is 5.95 Å². The Morgan fingerprint density at radius 1 is 1.41 bits per heavy atom. The van der Waals surface area contributed by atoms with E-state index in [9.17, 15) is 0 Å². The molecule has 6 nitrogen and oxygen atoms in total. The number of nitrogen functional groups attached to an aromatic ring is 1. The molecule has 0 amide bonds. The summed E-state index contributed by atoms with van der Waals surface area (Å²) in [4.78, 5) is 13.5. The third-order valence-corrected chi connectivity index (χ3v) is 3.47. The minimum absolute atomic E-state index is 0.371. The fourth-order valence-electron chi connectivity index (χ4n) is 1.22. The molecule has 0 aliphatic heterocycles. The predicted molar refractivity (Wildman–Crippen MR) is 71.7 cm³/mol. The molecule has 2 rings (SSSR count). The number of nitrogens with zero attached hydrogens (tertiary/aromatic N) is 3. The Balaban J connectivity index is 2.07. The molecule has 0 bridgehead atoms. The number of nitrogens with two attached hydrogens (primary N) is 1. The van der Waals surface area contributed by atoms with Gasteiger partial charge in [0.1, 0.15) is 5.82 Å². The number of hydrogen-bond acceptors (Lipinski definition) is 7. The molecule has 0 fully saturated rings. The van der Waals surface area contributed by atoms with E-state index in [0.717, 1.165) is 14.4 Å². The molecule has 2 aromatic heterocycles. The van der Waals surface area contributed by atoms with Crippen LogP contribution in [0.3, 0.4) is 0 Å². The zero-order valence-electron chi connectivity index (χ0n) is 9.07. The van der Waals surface area contributed by atoms with Crippen LogP contribution in [0.15, 0.2) is 16.9 Å². The fraction of sp³-hybridized carbons (Fsp3) is 0.222. The number of aromatic nitrogens is 3. The molecule has 8 heteroatoms. The second kappa shape index (κ2) is 5.39. The maximum Gasteiger partial charge on any atom is 0.239 e. The maximum absolute atomic E-state index is 5.25. The SMILES string of the molecule is Cc1ncc(CNc2nc(NN)ncc2Br)s1. The summed E-state index contributed by atoms with van der Waals surface area (Å²) in [5, 5.41) is 4.24. The third kappa shape index (κ3) is 3.11. The lowest BCUT2D eigenvalue weighted by Gasteiger charge is -2.07. The van der Waals surface area contributed by atoms with Crippen molar-refractivity contribution in [3.8, 4) is 0 Å². The first-order chi connectivity index (χ1) is 8.19. The molecule has 0 radical (unpaired) electrons. The highest BCUT2D eigenvalue weighted by atomic mass is 79.9. The zero-order chi connectivity index (χ0) is 12.3. The van der Waals surface area contributed by atoms with Crippen molar-refractivity contribution in [3.63, 3.8) is 0 Å². The molecule has 0 unspecified atom stereocenters. The van der Waals surface area contributed by atoms with Crippen LogP contribution in [-0.2, 0) is 6.54 Å². The highest BCUT2D eigenvalue weighted by Gasteiger charge is 2.05. The van der Waals surface area contributed by atoms with Crippen molar-refractivity contribution in [2.75, 3.05) is 10.7 Å². The van der Waals surface area contributed by atoms with Gasteiger partial charge in [-0.05, 0) is 22.9 Å².